The molecule has 0 radical (unpaired) electrons. The topological polar surface area (TPSA) is 79.4 Å². The van der Waals surface area contributed by atoms with Gasteiger partial charge in [-0.15, -0.1) is 0 Å². The summed E-state index contributed by atoms with van der Waals surface area (Å²) in [6.07, 6.45) is 1.09. The molecule has 2 aliphatic heterocycles. The summed E-state index contributed by atoms with van der Waals surface area (Å²) in [5.41, 5.74) is 1.38. The summed E-state index contributed by atoms with van der Waals surface area (Å²) >= 11 is 6.07. The summed E-state index contributed by atoms with van der Waals surface area (Å²) in [7, 11) is -3.66. The minimum atomic E-state index is -3.66. The predicted octanol–water partition coefficient (Wildman–Crippen LogP) is 2.18. The van der Waals surface area contributed by atoms with Crippen LogP contribution in [0.2, 0.25) is 5.02 Å². The smallest absolute Gasteiger partial charge is 0.243 e. The Morgan fingerprint density at radius 1 is 1.07 bits per heavy atom. The maximum absolute atomic E-state index is 12.9. The quantitative estimate of drug-likeness (QED) is 0.693. The van der Waals surface area contributed by atoms with Crippen molar-refractivity contribution < 1.29 is 22.7 Å². The molecular weight excluding hydrogens is 430 g/mol. The molecule has 1 amide bonds. The first kappa shape index (κ1) is 20.6. The predicted molar refractivity (Wildman–Crippen MR) is 115 cm³/mol. The molecule has 0 atom stereocenters. The van der Waals surface area contributed by atoms with E-state index in [4.69, 9.17) is 21.1 Å². The molecule has 0 bridgehead atoms. The first-order valence-corrected chi connectivity index (χ1v) is 11.7. The lowest BCUT2D eigenvalue weighted by molar-refractivity contribution is -0.129. The van der Waals surface area contributed by atoms with Gasteiger partial charge >= 0.3 is 0 Å². The van der Waals surface area contributed by atoms with Crippen molar-refractivity contribution in [3.8, 4) is 11.5 Å². The van der Waals surface area contributed by atoms with Gasteiger partial charge in [0.25, 0.3) is 0 Å². The second kappa shape index (κ2) is 8.23. The number of amides is 1. The number of benzene rings is 2. The minimum absolute atomic E-state index is 0.0908. The zero-order chi connectivity index (χ0) is 21.3. The van der Waals surface area contributed by atoms with Crippen molar-refractivity contribution in [2.45, 2.75) is 0 Å². The van der Waals surface area contributed by atoms with Crippen LogP contribution in [0.4, 0.5) is 11.4 Å². The molecule has 0 N–H and O–H groups in total. The Morgan fingerprint density at radius 3 is 2.50 bits per heavy atom. The minimum Gasteiger partial charge on any atom is -0.454 e. The normalized spacial score (nSPS) is 15.9. The fourth-order valence-corrected chi connectivity index (χ4v) is 4.58. The van der Waals surface area contributed by atoms with Gasteiger partial charge in [0.05, 0.1) is 11.9 Å². The molecule has 30 heavy (non-hydrogen) atoms. The molecule has 4 rings (SSSR count). The van der Waals surface area contributed by atoms with Crippen LogP contribution in [0.3, 0.4) is 0 Å². The van der Waals surface area contributed by atoms with E-state index in [-0.39, 0.29) is 19.2 Å². The summed E-state index contributed by atoms with van der Waals surface area (Å²) in [6, 6.07) is 12.4. The van der Waals surface area contributed by atoms with Crippen LogP contribution in [-0.2, 0) is 14.8 Å². The SMILES string of the molecule is CS(=O)(=O)N(CC(=O)N1CCN(c2cccc(Cl)c2)CC1)c1ccc2c(c1)OCO2. The van der Waals surface area contributed by atoms with Crippen LogP contribution in [0.15, 0.2) is 42.5 Å². The number of carbonyl (C=O) groups excluding carboxylic acids is 1. The van der Waals surface area contributed by atoms with E-state index in [1.54, 1.807) is 23.1 Å². The average Bonchev–Trinajstić information content (AvgIpc) is 3.19. The third-order valence-electron chi connectivity index (χ3n) is 5.13. The number of sulfonamides is 1. The Kier molecular flexibility index (Phi) is 5.66. The summed E-state index contributed by atoms with van der Waals surface area (Å²) in [6.45, 7) is 2.13. The van der Waals surface area contributed by atoms with Gasteiger partial charge in [-0.3, -0.25) is 9.10 Å². The van der Waals surface area contributed by atoms with Crippen LogP contribution in [0, 0.1) is 0 Å². The largest absolute Gasteiger partial charge is 0.454 e. The number of nitrogens with zero attached hydrogens (tertiary/aromatic N) is 3. The fraction of sp³-hybridized carbons (Fsp3) is 0.350. The Bertz CT molecular complexity index is 1050. The molecular formula is C20H22ClN3O5S. The van der Waals surface area contributed by atoms with E-state index in [9.17, 15) is 13.2 Å². The van der Waals surface area contributed by atoms with Crippen molar-refractivity contribution in [2.24, 2.45) is 0 Å². The van der Waals surface area contributed by atoms with Gasteiger partial charge in [-0.05, 0) is 30.3 Å². The van der Waals surface area contributed by atoms with E-state index in [1.807, 2.05) is 24.3 Å². The van der Waals surface area contributed by atoms with Gasteiger partial charge in [0.1, 0.15) is 6.54 Å². The summed E-state index contributed by atoms with van der Waals surface area (Å²) in [5, 5.41) is 0.665. The first-order valence-electron chi connectivity index (χ1n) is 9.47. The highest BCUT2D eigenvalue weighted by atomic mass is 35.5. The zero-order valence-electron chi connectivity index (χ0n) is 16.5. The van der Waals surface area contributed by atoms with E-state index in [2.05, 4.69) is 4.90 Å². The van der Waals surface area contributed by atoms with E-state index in [0.717, 1.165) is 16.2 Å². The molecule has 2 aromatic carbocycles. The van der Waals surface area contributed by atoms with Gasteiger partial charge in [0.15, 0.2) is 11.5 Å². The monoisotopic (exact) mass is 451 g/mol. The number of rotatable bonds is 5. The Labute approximate surface area is 180 Å². The highest BCUT2D eigenvalue weighted by molar-refractivity contribution is 7.92. The second-order valence-electron chi connectivity index (χ2n) is 7.15. The first-order chi connectivity index (χ1) is 14.3. The Balaban J connectivity index is 1.44. The molecule has 8 nitrogen and oxygen atoms in total. The molecule has 2 aromatic rings. The third-order valence-corrected chi connectivity index (χ3v) is 6.50. The average molecular weight is 452 g/mol. The number of piperazine rings is 1. The summed E-state index contributed by atoms with van der Waals surface area (Å²) in [4.78, 5) is 16.7. The van der Waals surface area contributed by atoms with E-state index >= 15 is 0 Å². The standard InChI is InChI=1S/C20H22ClN3O5S/c1-30(26,27)24(17-5-6-18-19(12-17)29-14-28-18)13-20(25)23-9-7-22(8-10-23)16-4-2-3-15(21)11-16/h2-6,11-12H,7-10,13-14H2,1H3. The molecule has 0 saturated carbocycles. The van der Waals surface area contributed by atoms with Crippen molar-refractivity contribution in [2.75, 3.05) is 55.0 Å². The van der Waals surface area contributed by atoms with Gasteiger partial charge in [-0.25, -0.2) is 8.42 Å². The van der Waals surface area contributed by atoms with Crippen molar-refractivity contribution >= 4 is 38.9 Å². The Hall–Kier alpha value is -2.65. The van der Waals surface area contributed by atoms with Crippen LogP contribution in [0.25, 0.3) is 0 Å². The van der Waals surface area contributed by atoms with Crippen molar-refractivity contribution in [3.05, 3.63) is 47.5 Å². The van der Waals surface area contributed by atoms with Crippen molar-refractivity contribution in [3.63, 3.8) is 0 Å². The number of carbonyl (C=O) groups is 1. The summed E-state index contributed by atoms with van der Waals surface area (Å²) < 4.78 is 36.5. The molecule has 160 valence electrons. The van der Waals surface area contributed by atoms with Gasteiger partial charge in [-0.1, -0.05) is 17.7 Å². The van der Waals surface area contributed by atoms with Gasteiger partial charge in [0, 0.05) is 43.0 Å². The lowest BCUT2D eigenvalue weighted by Crippen LogP contribution is -2.52. The van der Waals surface area contributed by atoms with E-state index in [0.29, 0.717) is 48.4 Å². The number of hydrogen-bond donors (Lipinski definition) is 0. The highest BCUT2D eigenvalue weighted by Gasteiger charge is 2.28. The Morgan fingerprint density at radius 2 is 1.80 bits per heavy atom. The molecule has 2 heterocycles. The van der Waals surface area contributed by atoms with Gasteiger partial charge in [0.2, 0.25) is 22.7 Å². The lowest BCUT2D eigenvalue weighted by Gasteiger charge is -2.37. The second-order valence-corrected chi connectivity index (χ2v) is 9.50. The zero-order valence-corrected chi connectivity index (χ0v) is 18.0. The molecule has 0 unspecified atom stereocenters. The number of hydrogen-bond acceptors (Lipinski definition) is 6. The van der Waals surface area contributed by atoms with Crippen LogP contribution in [0.1, 0.15) is 0 Å². The van der Waals surface area contributed by atoms with Crippen molar-refractivity contribution in [1.29, 1.82) is 0 Å². The molecule has 0 spiro atoms. The third kappa shape index (κ3) is 4.41. The number of fused-ring (bicyclic) bond motifs is 1. The van der Waals surface area contributed by atoms with Crippen LogP contribution >= 0.6 is 11.6 Å². The van der Waals surface area contributed by atoms with E-state index < -0.39 is 10.0 Å². The van der Waals surface area contributed by atoms with E-state index in [1.165, 1.54) is 0 Å². The molecule has 1 fully saturated rings. The maximum atomic E-state index is 12.9. The summed E-state index contributed by atoms with van der Waals surface area (Å²) in [5.74, 6) is 0.767. The van der Waals surface area contributed by atoms with Crippen LogP contribution < -0.4 is 18.7 Å². The number of anilines is 2. The fourth-order valence-electron chi connectivity index (χ4n) is 3.55. The molecule has 1 saturated heterocycles. The molecule has 0 aliphatic carbocycles. The highest BCUT2D eigenvalue weighted by Crippen LogP contribution is 2.36. The number of halogens is 1. The number of ether oxygens (including phenoxy) is 2. The van der Waals surface area contributed by atoms with Crippen LogP contribution in [0.5, 0.6) is 11.5 Å². The van der Waals surface area contributed by atoms with Crippen LogP contribution in [-0.4, -0.2) is 65.0 Å². The molecule has 0 aromatic heterocycles. The molecule has 2 aliphatic rings. The van der Waals surface area contributed by atoms with Crippen molar-refractivity contribution in [1.82, 2.24) is 4.90 Å². The lowest BCUT2D eigenvalue weighted by atomic mass is 10.2. The van der Waals surface area contributed by atoms with Gasteiger partial charge < -0.3 is 19.3 Å². The van der Waals surface area contributed by atoms with Gasteiger partial charge in [-0.2, -0.15) is 0 Å². The molecule has 10 heteroatoms. The maximum Gasteiger partial charge on any atom is 0.243 e.